The van der Waals surface area contributed by atoms with Crippen molar-refractivity contribution in [1.82, 2.24) is 0 Å². The summed E-state index contributed by atoms with van der Waals surface area (Å²) in [6.07, 6.45) is -6.84. The number of hydrogen-bond donors (Lipinski definition) is 4. The van der Waals surface area contributed by atoms with Gasteiger partial charge in [-0.2, -0.15) is 0 Å². The lowest BCUT2D eigenvalue weighted by Gasteiger charge is -2.38. The van der Waals surface area contributed by atoms with Crippen LogP contribution in [0.25, 0.3) is 0 Å². The highest BCUT2D eigenvalue weighted by Crippen LogP contribution is 2.24. The summed E-state index contributed by atoms with van der Waals surface area (Å²) in [5.41, 5.74) is -1.20. The number of benzene rings is 1. The quantitative estimate of drug-likeness (QED) is 0.263. The van der Waals surface area contributed by atoms with Crippen LogP contribution in [0.3, 0.4) is 0 Å². The molecule has 0 amide bonds. The number of aliphatic hydroxyl groups is 4. The standard InChI is InChI=1S/C13H15N3O10/c17-5-9-10(18)11(19)12(20)13(25-9)26-14-4-6-1-2-7(15(21)22)3-8(6)16(23)24/h1-4,9-13,17-20H,5H2/b14-4+/t9?,10?,11-,12?,13-/m0/s1. The summed E-state index contributed by atoms with van der Waals surface area (Å²) in [6, 6.07) is 2.85. The van der Waals surface area contributed by atoms with Crippen LogP contribution in [0.2, 0.25) is 0 Å². The molecule has 1 aromatic rings. The maximum absolute atomic E-state index is 11.0. The van der Waals surface area contributed by atoms with Gasteiger partial charge in [0.1, 0.15) is 24.4 Å². The van der Waals surface area contributed by atoms with Crippen molar-refractivity contribution in [3.63, 3.8) is 0 Å². The summed E-state index contributed by atoms with van der Waals surface area (Å²) in [5.74, 6) is 0. The Labute approximate surface area is 145 Å². The molecule has 0 spiro atoms. The van der Waals surface area contributed by atoms with Gasteiger partial charge >= 0.3 is 0 Å². The fourth-order valence-corrected chi connectivity index (χ4v) is 2.21. The summed E-state index contributed by atoms with van der Waals surface area (Å²) in [5, 5.41) is 63.1. The van der Waals surface area contributed by atoms with E-state index in [-0.39, 0.29) is 5.56 Å². The van der Waals surface area contributed by atoms with Gasteiger partial charge in [-0.1, -0.05) is 5.16 Å². The topological polar surface area (TPSA) is 198 Å². The van der Waals surface area contributed by atoms with Gasteiger partial charge in [0.15, 0.2) is 0 Å². The molecule has 1 saturated heterocycles. The number of nitrogens with zero attached hydrogens (tertiary/aromatic N) is 3. The third-order valence-corrected chi connectivity index (χ3v) is 3.63. The van der Waals surface area contributed by atoms with Gasteiger partial charge in [-0.25, -0.2) is 0 Å². The lowest BCUT2D eigenvalue weighted by Crippen LogP contribution is -2.58. The fraction of sp³-hybridized carbons (Fsp3) is 0.462. The predicted octanol–water partition coefficient (Wildman–Crippen LogP) is -1.35. The van der Waals surface area contributed by atoms with E-state index in [0.29, 0.717) is 0 Å². The van der Waals surface area contributed by atoms with E-state index in [1.165, 1.54) is 0 Å². The molecule has 0 saturated carbocycles. The average Bonchev–Trinajstić information content (AvgIpc) is 2.61. The number of hydrogen-bond acceptors (Lipinski definition) is 11. The van der Waals surface area contributed by atoms with Crippen molar-refractivity contribution in [3.8, 4) is 0 Å². The van der Waals surface area contributed by atoms with Crippen LogP contribution in [0, 0.1) is 20.2 Å². The summed E-state index contributed by atoms with van der Waals surface area (Å²) in [7, 11) is 0. The molecule has 1 heterocycles. The molecule has 4 N–H and O–H groups in total. The largest absolute Gasteiger partial charge is 0.394 e. The minimum atomic E-state index is -1.70. The Balaban J connectivity index is 2.15. The lowest BCUT2D eigenvalue weighted by molar-refractivity contribution is -0.394. The number of non-ortho nitro benzene ring substituents is 1. The van der Waals surface area contributed by atoms with E-state index in [2.05, 4.69) is 5.16 Å². The van der Waals surface area contributed by atoms with Gasteiger partial charge in [0.05, 0.1) is 34.3 Å². The first-order valence-electron chi connectivity index (χ1n) is 7.18. The predicted molar refractivity (Wildman–Crippen MR) is 82.2 cm³/mol. The SMILES string of the molecule is O=[N+]([O-])c1ccc(/C=N/O[C@@H]2OC(CO)C(O)[C@H](O)C2O)c([N+](=O)[O-])c1. The van der Waals surface area contributed by atoms with Gasteiger partial charge in [-0.3, -0.25) is 20.2 Å². The van der Waals surface area contributed by atoms with Crippen molar-refractivity contribution in [1.29, 1.82) is 0 Å². The second-order valence-electron chi connectivity index (χ2n) is 5.29. The molecule has 2 rings (SSSR count). The molecule has 3 unspecified atom stereocenters. The number of rotatable bonds is 6. The Hall–Kier alpha value is -2.71. The highest BCUT2D eigenvalue weighted by Gasteiger charge is 2.44. The minimum Gasteiger partial charge on any atom is -0.394 e. The van der Waals surface area contributed by atoms with Crippen LogP contribution in [0.4, 0.5) is 11.4 Å². The van der Waals surface area contributed by atoms with Crippen LogP contribution < -0.4 is 0 Å². The molecule has 142 valence electrons. The van der Waals surface area contributed by atoms with Crippen LogP contribution in [0.1, 0.15) is 5.56 Å². The molecule has 13 heteroatoms. The van der Waals surface area contributed by atoms with Crippen molar-refractivity contribution in [2.75, 3.05) is 6.61 Å². The van der Waals surface area contributed by atoms with E-state index in [0.717, 1.165) is 24.4 Å². The van der Waals surface area contributed by atoms with Crippen LogP contribution in [0.5, 0.6) is 0 Å². The molecule has 1 aliphatic rings. The van der Waals surface area contributed by atoms with Crippen LogP contribution in [0.15, 0.2) is 23.4 Å². The first-order valence-corrected chi connectivity index (χ1v) is 7.18. The first-order chi connectivity index (χ1) is 12.3. The highest BCUT2D eigenvalue weighted by atomic mass is 16.8. The van der Waals surface area contributed by atoms with Gasteiger partial charge < -0.3 is 30.0 Å². The molecule has 1 aliphatic heterocycles. The Morgan fingerprint density at radius 1 is 1.15 bits per heavy atom. The third kappa shape index (κ3) is 4.09. The van der Waals surface area contributed by atoms with Gasteiger partial charge in [-0.15, -0.1) is 0 Å². The second-order valence-corrected chi connectivity index (χ2v) is 5.29. The van der Waals surface area contributed by atoms with E-state index < -0.39 is 58.5 Å². The smallest absolute Gasteiger partial charge is 0.285 e. The van der Waals surface area contributed by atoms with Crippen LogP contribution in [-0.2, 0) is 9.57 Å². The molecular formula is C13H15N3O10. The van der Waals surface area contributed by atoms with Crippen molar-refractivity contribution >= 4 is 17.6 Å². The van der Waals surface area contributed by atoms with E-state index in [9.17, 15) is 35.5 Å². The monoisotopic (exact) mass is 373 g/mol. The third-order valence-electron chi connectivity index (χ3n) is 3.63. The molecule has 26 heavy (non-hydrogen) atoms. The zero-order valence-corrected chi connectivity index (χ0v) is 13.0. The summed E-state index contributed by atoms with van der Waals surface area (Å²) in [4.78, 5) is 24.9. The fourth-order valence-electron chi connectivity index (χ4n) is 2.21. The number of nitro groups is 2. The Morgan fingerprint density at radius 3 is 2.42 bits per heavy atom. The maximum Gasteiger partial charge on any atom is 0.285 e. The van der Waals surface area contributed by atoms with Gasteiger partial charge in [0, 0.05) is 6.07 Å². The Morgan fingerprint density at radius 2 is 1.85 bits per heavy atom. The number of oxime groups is 1. The molecule has 0 aromatic heterocycles. The second kappa shape index (κ2) is 8.11. The number of ether oxygens (including phenoxy) is 1. The van der Waals surface area contributed by atoms with Crippen molar-refractivity contribution in [2.45, 2.75) is 30.7 Å². The molecule has 0 radical (unpaired) electrons. The molecule has 1 aromatic carbocycles. The molecule has 0 aliphatic carbocycles. The highest BCUT2D eigenvalue weighted by molar-refractivity contribution is 5.85. The molecular weight excluding hydrogens is 358 g/mol. The van der Waals surface area contributed by atoms with Crippen LogP contribution >= 0.6 is 0 Å². The van der Waals surface area contributed by atoms with E-state index in [4.69, 9.17) is 14.7 Å². The normalized spacial score (nSPS) is 28.8. The van der Waals surface area contributed by atoms with E-state index in [1.807, 2.05) is 0 Å². The first kappa shape index (κ1) is 19.6. The van der Waals surface area contributed by atoms with Crippen molar-refractivity contribution in [3.05, 3.63) is 44.0 Å². The van der Waals surface area contributed by atoms with Gasteiger partial charge in [-0.05, 0) is 6.07 Å². The zero-order chi connectivity index (χ0) is 19.4. The van der Waals surface area contributed by atoms with Crippen molar-refractivity contribution in [2.24, 2.45) is 5.16 Å². The Kier molecular flexibility index (Phi) is 6.12. The maximum atomic E-state index is 11.0. The minimum absolute atomic E-state index is 0.120. The number of nitro benzene ring substituents is 2. The Bertz CT molecular complexity index is 709. The van der Waals surface area contributed by atoms with Gasteiger partial charge in [0.25, 0.3) is 17.7 Å². The number of aliphatic hydroxyl groups excluding tert-OH is 4. The van der Waals surface area contributed by atoms with E-state index >= 15 is 0 Å². The summed E-state index contributed by atoms with van der Waals surface area (Å²) >= 11 is 0. The van der Waals surface area contributed by atoms with Gasteiger partial charge in [0.2, 0.25) is 0 Å². The van der Waals surface area contributed by atoms with E-state index in [1.54, 1.807) is 0 Å². The average molecular weight is 373 g/mol. The molecule has 5 atom stereocenters. The summed E-state index contributed by atoms with van der Waals surface area (Å²) < 4.78 is 5.03. The van der Waals surface area contributed by atoms with Crippen LogP contribution in [-0.4, -0.2) is 73.8 Å². The molecule has 1 fully saturated rings. The molecule has 0 bridgehead atoms. The summed E-state index contributed by atoms with van der Waals surface area (Å²) in [6.45, 7) is -0.664. The van der Waals surface area contributed by atoms with Crippen molar-refractivity contribution < 1.29 is 39.8 Å². The zero-order valence-electron chi connectivity index (χ0n) is 13.0. The lowest BCUT2D eigenvalue weighted by atomic mass is 9.99. The molecule has 13 nitrogen and oxygen atoms in total.